The van der Waals surface area contributed by atoms with Gasteiger partial charge >= 0.3 is 0 Å². The number of nitrogens with zero attached hydrogens (tertiary/aromatic N) is 2. The van der Waals surface area contributed by atoms with Gasteiger partial charge in [0.2, 0.25) is 6.79 Å². The third-order valence-corrected chi connectivity index (χ3v) is 8.50. The van der Waals surface area contributed by atoms with Crippen LogP contribution in [0.15, 0.2) is 18.7 Å². The number of hydrogen-bond donors (Lipinski definition) is 3. The van der Waals surface area contributed by atoms with Gasteiger partial charge in [0.15, 0.2) is 23.0 Å². The molecule has 0 spiro atoms. The minimum Gasteiger partial charge on any atom is -0.504 e. The van der Waals surface area contributed by atoms with Crippen molar-refractivity contribution in [2.45, 2.75) is 56.9 Å². The summed E-state index contributed by atoms with van der Waals surface area (Å²) in [7, 11) is 3.50. The fourth-order valence-electron chi connectivity index (χ4n) is 7.14. The second kappa shape index (κ2) is 9.38. The average molecular weight is 519 g/mol. The Labute approximate surface area is 222 Å². The quantitative estimate of drug-likeness (QED) is 0.498. The summed E-state index contributed by atoms with van der Waals surface area (Å²) in [5.74, 6) is 2.89. The molecule has 1 saturated heterocycles. The number of methoxy groups -OCH3 is 1. The molecular weight excluding hydrogens is 484 g/mol. The lowest BCUT2D eigenvalue weighted by molar-refractivity contribution is -0.000686. The van der Waals surface area contributed by atoms with Gasteiger partial charge in [0, 0.05) is 40.9 Å². The zero-order valence-electron chi connectivity index (χ0n) is 22.3. The van der Waals surface area contributed by atoms with Crippen molar-refractivity contribution in [3.63, 3.8) is 0 Å². The molecule has 9 nitrogen and oxygen atoms in total. The number of fused-ring (bicyclic) bond motifs is 9. The zero-order chi connectivity index (χ0) is 26.7. The van der Waals surface area contributed by atoms with E-state index in [2.05, 4.69) is 34.2 Å². The number of phenols is 1. The van der Waals surface area contributed by atoms with E-state index in [0.29, 0.717) is 37.5 Å². The maximum absolute atomic E-state index is 11.4. The van der Waals surface area contributed by atoms with Crippen LogP contribution in [0.1, 0.15) is 45.5 Å². The molecule has 9 heteroatoms. The molecule has 38 heavy (non-hydrogen) atoms. The second-order valence-corrected chi connectivity index (χ2v) is 10.5. The van der Waals surface area contributed by atoms with E-state index in [1.807, 2.05) is 20.9 Å². The topological polar surface area (TPSA) is 108 Å². The predicted octanol–water partition coefficient (Wildman–Crippen LogP) is 2.96. The Kier molecular flexibility index (Phi) is 6.14. The molecule has 6 rings (SSSR count). The molecule has 0 saturated carbocycles. The highest BCUT2D eigenvalue weighted by Gasteiger charge is 2.54. The molecule has 0 aliphatic carbocycles. The van der Waals surface area contributed by atoms with Crippen LogP contribution in [0.4, 0.5) is 0 Å². The SMILES string of the molecule is C=CCOc1c(C)c2c(c3c1CC1[C@H]4NC(Cc5cc(C)c(OC)c(O)c54)[C@H](C#N)N1[C@H]3CNC)OCO2. The summed E-state index contributed by atoms with van der Waals surface area (Å²) in [6, 6.07) is 3.77. The van der Waals surface area contributed by atoms with E-state index in [1.54, 1.807) is 13.2 Å². The molecule has 0 amide bonds. The van der Waals surface area contributed by atoms with Crippen LogP contribution in [0, 0.1) is 25.2 Å². The van der Waals surface area contributed by atoms with E-state index in [1.165, 1.54) is 0 Å². The first-order valence-electron chi connectivity index (χ1n) is 13.1. The van der Waals surface area contributed by atoms with Gasteiger partial charge in [-0.15, -0.1) is 0 Å². The molecule has 0 radical (unpaired) electrons. The van der Waals surface area contributed by atoms with Crippen LogP contribution < -0.4 is 29.6 Å². The first-order chi connectivity index (χ1) is 18.4. The molecule has 2 aromatic carbocycles. The number of rotatable bonds is 6. The van der Waals surface area contributed by atoms with E-state index in [4.69, 9.17) is 18.9 Å². The zero-order valence-corrected chi connectivity index (χ0v) is 22.3. The number of nitrogens with one attached hydrogen (secondary N) is 2. The Morgan fingerprint density at radius 3 is 2.76 bits per heavy atom. The van der Waals surface area contributed by atoms with Gasteiger partial charge in [-0.3, -0.25) is 4.90 Å². The summed E-state index contributed by atoms with van der Waals surface area (Å²) < 4.78 is 23.8. The van der Waals surface area contributed by atoms with Gasteiger partial charge in [-0.2, -0.15) is 5.26 Å². The number of phenolic OH excluding ortho intramolecular Hbond substituents is 1. The van der Waals surface area contributed by atoms with Crippen molar-refractivity contribution < 1.29 is 24.1 Å². The number of benzene rings is 2. The molecule has 200 valence electrons. The molecule has 1 fully saturated rings. The van der Waals surface area contributed by atoms with E-state index in [9.17, 15) is 10.4 Å². The highest BCUT2D eigenvalue weighted by Crippen LogP contribution is 2.56. The van der Waals surface area contributed by atoms with Crippen molar-refractivity contribution in [1.82, 2.24) is 15.5 Å². The fourth-order valence-corrected chi connectivity index (χ4v) is 7.14. The number of ether oxygens (including phenoxy) is 4. The number of piperazine rings is 1. The van der Waals surface area contributed by atoms with E-state index in [0.717, 1.165) is 44.9 Å². The maximum atomic E-state index is 11.4. The monoisotopic (exact) mass is 518 g/mol. The average Bonchev–Trinajstić information content (AvgIpc) is 3.39. The maximum Gasteiger partial charge on any atom is 0.231 e. The number of aromatic hydroxyl groups is 1. The van der Waals surface area contributed by atoms with E-state index < -0.39 is 0 Å². The minimum absolute atomic E-state index is 0.0889. The van der Waals surface area contributed by atoms with Gasteiger partial charge in [-0.05, 0) is 44.9 Å². The van der Waals surface area contributed by atoms with Crippen LogP contribution in [0.25, 0.3) is 0 Å². The molecule has 2 unspecified atom stereocenters. The molecule has 4 aliphatic heterocycles. The Morgan fingerprint density at radius 1 is 1.26 bits per heavy atom. The first kappa shape index (κ1) is 24.9. The number of aryl methyl sites for hydroxylation is 1. The largest absolute Gasteiger partial charge is 0.504 e. The van der Waals surface area contributed by atoms with Crippen LogP contribution >= 0.6 is 0 Å². The van der Waals surface area contributed by atoms with Gasteiger partial charge in [0.25, 0.3) is 0 Å². The van der Waals surface area contributed by atoms with Crippen molar-refractivity contribution in [3.05, 3.63) is 52.1 Å². The molecule has 0 aromatic heterocycles. The summed E-state index contributed by atoms with van der Waals surface area (Å²) in [6.45, 7) is 8.90. The molecule has 3 N–H and O–H groups in total. The minimum atomic E-state index is -0.378. The highest BCUT2D eigenvalue weighted by molar-refractivity contribution is 5.66. The number of likely N-dealkylation sites (N-methyl/N-ethyl adjacent to an activating group) is 1. The van der Waals surface area contributed by atoms with Crippen molar-refractivity contribution in [3.8, 4) is 34.8 Å². The smallest absolute Gasteiger partial charge is 0.231 e. The van der Waals surface area contributed by atoms with Crippen molar-refractivity contribution in [2.75, 3.05) is 34.1 Å². The summed E-state index contributed by atoms with van der Waals surface area (Å²) in [6.07, 6.45) is 2.99. The molecule has 4 aliphatic rings. The van der Waals surface area contributed by atoms with Gasteiger partial charge in [-0.1, -0.05) is 18.7 Å². The van der Waals surface area contributed by atoms with Crippen molar-refractivity contribution in [2.24, 2.45) is 0 Å². The van der Waals surface area contributed by atoms with Gasteiger partial charge in [0.05, 0.1) is 25.3 Å². The lowest BCUT2D eigenvalue weighted by atomic mass is 9.72. The summed E-state index contributed by atoms with van der Waals surface area (Å²) >= 11 is 0. The van der Waals surface area contributed by atoms with E-state index in [-0.39, 0.29) is 42.8 Å². The molecule has 2 bridgehead atoms. The van der Waals surface area contributed by atoms with Gasteiger partial charge in [-0.25, -0.2) is 0 Å². The number of nitriles is 1. The summed E-state index contributed by atoms with van der Waals surface area (Å²) in [5, 5.41) is 29.0. The van der Waals surface area contributed by atoms with Crippen molar-refractivity contribution >= 4 is 0 Å². The normalized spacial score (nSPS) is 26.6. The van der Waals surface area contributed by atoms with Crippen molar-refractivity contribution in [1.29, 1.82) is 5.26 Å². The summed E-state index contributed by atoms with van der Waals surface area (Å²) in [4.78, 5) is 2.33. The molecule has 5 atom stereocenters. The summed E-state index contributed by atoms with van der Waals surface area (Å²) in [5.41, 5.74) is 5.77. The number of hydrogen-bond acceptors (Lipinski definition) is 9. The van der Waals surface area contributed by atoms with Gasteiger partial charge < -0.3 is 34.7 Å². The van der Waals surface area contributed by atoms with Crippen LogP contribution in [0.5, 0.6) is 28.7 Å². The van der Waals surface area contributed by atoms with E-state index >= 15 is 0 Å². The molecular formula is C29H34N4O5. The highest BCUT2D eigenvalue weighted by atomic mass is 16.7. The third kappa shape index (κ3) is 3.40. The second-order valence-electron chi connectivity index (χ2n) is 10.5. The van der Waals surface area contributed by atoms with Crippen LogP contribution in [0.3, 0.4) is 0 Å². The first-order valence-corrected chi connectivity index (χ1v) is 13.1. The lowest BCUT2D eigenvalue weighted by Crippen LogP contribution is -2.68. The Morgan fingerprint density at radius 2 is 2.05 bits per heavy atom. The Bertz CT molecular complexity index is 1350. The molecule has 4 heterocycles. The fraction of sp³-hybridized carbons (Fsp3) is 0.483. The lowest BCUT2D eigenvalue weighted by Gasteiger charge is -2.56. The third-order valence-electron chi connectivity index (χ3n) is 8.50. The van der Waals surface area contributed by atoms with Gasteiger partial charge in [0.1, 0.15) is 18.4 Å². The molecule has 2 aromatic rings. The Hall–Kier alpha value is -3.45. The van der Waals surface area contributed by atoms with Crippen LogP contribution in [0.2, 0.25) is 0 Å². The predicted molar refractivity (Wildman–Crippen MR) is 141 cm³/mol. The Balaban J connectivity index is 1.59. The van der Waals surface area contributed by atoms with Crippen LogP contribution in [-0.2, 0) is 12.8 Å². The van der Waals surface area contributed by atoms with Crippen LogP contribution in [-0.4, -0.2) is 62.2 Å². The standard InChI is InChI=1S/C29H34N4O5/c1-6-7-36-27-15(3)28-29(38-13-37-28)23-17(27)10-19-24-22-16(8-14(2)26(35-5)25(22)34)9-18(32-24)20(11-30)33(19)21(23)12-31-4/h6,8,18-21,24,31-32,34H,1,7,9-10,12-13H2,2-5H3/t18?,19?,20-,21-,24+/m0/s1.